The molecule has 1 aromatic carbocycles. The highest BCUT2D eigenvalue weighted by molar-refractivity contribution is 7.90. The molecule has 7 heteroatoms. The van der Waals surface area contributed by atoms with E-state index < -0.39 is 10.2 Å². The SMILES string of the molecule is O=S1(=O)N(c2ccc(F)cc2)CCN1C1CCCNC1. The Labute approximate surface area is 118 Å². The van der Waals surface area contributed by atoms with Gasteiger partial charge in [-0.1, -0.05) is 0 Å². The quantitative estimate of drug-likeness (QED) is 0.884. The predicted molar refractivity (Wildman–Crippen MR) is 75.3 cm³/mol. The first-order chi connectivity index (χ1) is 9.59. The third-order valence-electron chi connectivity index (χ3n) is 3.89. The third-order valence-corrected chi connectivity index (χ3v) is 5.91. The second-order valence-corrected chi connectivity index (χ2v) is 6.97. The summed E-state index contributed by atoms with van der Waals surface area (Å²) in [5, 5.41) is 3.24. The maximum absolute atomic E-state index is 12.9. The molecule has 5 nitrogen and oxygen atoms in total. The normalized spacial score (nSPS) is 26.9. The number of nitrogens with zero attached hydrogens (tertiary/aromatic N) is 2. The van der Waals surface area contributed by atoms with Gasteiger partial charge in [-0.05, 0) is 43.7 Å². The van der Waals surface area contributed by atoms with Crippen LogP contribution < -0.4 is 9.62 Å². The molecule has 0 amide bonds. The standard InChI is InChI=1S/C13H18FN3O2S/c14-11-3-5-12(6-4-11)16-8-9-17(20(16,18)19)13-2-1-7-15-10-13/h3-6,13,15H,1-2,7-10H2. The number of halogens is 1. The van der Waals surface area contributed by atoms with E-state index in [0.717, 1.165) is 19.4 Å². The van der Waals surface area contributed by atoms with Crippen LogP contribution in [0, 0.1) is 5.82 Å². The molecule has 110 valence electrons. The van der Waals surface area contributed by atoms with Crippen LogP contribution in [0.15, 0.2) is 24.3 Å². The van der Waals surface area contributed by atoms with Gasteiger partial charge in [-0.2, -0.15) is 12.7 Å². The number of anilines is 1. The molecule has 0 spiro atoms. The van der Waals surface area contributed by atoms with E-state index >= 15 is 0 Å². The second kappa shape index (κ2) is 5.31. The Balaban J connectivity index is 1.83. The van der Waals surface area contributed by atoms with Crippen molar-refractivity contribution in [2.75, 3.05) is 30.5 Å². The van der Waals surface area contributed by atoms with E-state index in [1.807, 2.05) is 0 Å². The molecule has 0 saturated carbocycles. The number of hydrogen-bond donors (Lipinski definition) is 1. The minimum atomic E-state index is -3.49. The molecule has 2 fully saturated rings. The molecular weight excluding hydrogens is 281 g/mol. The molecule has 1 N–H and O–H groups in total. The van der Waals surface area contributed by atoms with Crippen molar-refractivity contribution in [2.45, 2.75) is 18.9 Å². The smallest absolute Gasteiger partial charge is 0.304 e. The summed E-state index contributed by atoms with van der Waals surface area (Å²) >= 11 is 0. The summed E-state index contributed by atoms with van der Waals surface area (Å²) in [6.45, 7) is 2.57. The zero-order valence-electron chi connectivity index (χ0n) is 11.1. The highest BCUT2D eigenvalue weighted by Crippen LogP contribution is 2.28. The Morgan fingerprint density at radius 3 is 2.60 bits per heavy atom. The Morgan fingerprint density at radius 1 is 1.20 bits per heavy atom. The summed E-state index contributed by atoms with van der Waals surface area (Å²) < 4.78 is 41.1. The van der Waals surface area contributed by atoms with Gasteiger partial charge < -0.3 is 5.32 Å². The summed E-state index contributed by atoms with van der Waals surface area (Å²) in [5.41, 5.74) is 0.526. The molecule has 0 radical (unpaired) electrons. The Morgan fingerprint density at radius 2 is 1.95 bits per heavy atom. The van der Waals surface area contributed by atoms with Gasteiger partial charge in [0.1, 0.15) is 5.82 Å². The van der Waals surface area contributed by atoms with Crippen LogP contribution in [0.2, 0.25) is 0 Å². The molecule has 2 aliphatic rings. The van der Waals surface area contributed by atoms with Gasteiger partial charge in [0.25, 0.3) is 0 Å². The van der Waals surface area contributed by atoms with E-state index in [4.69, 9.17) is 0 Å². The van der Waals surface area contributed by atoms with E-state index in [2.05, 4.69) is 5.32 Å². The van der Waals surface area contributed by atoms with Crippen LogP contribution in [0.5, 0.6) is 0 Å². The fourth-order valence-corrected chi connectivity index (χ4v) is 4.69. The van der Waals surface area contributed by atoms with Crippen LogP contribution in [0.25, 0.3) is 0 Å². The minimum absolute atomic E-state index is 0.0270. The van der Waals surface area contributed by atoms with Crippen molar-refractivity contribution in [1.82, 2.24) is 9.62 Å². The first-order valence-corrected chi connectivity index (χ1v) is 8.24. The van der Waals surface area contributed by atoms with E-state index in [1.54, 1.807) is 4.31 Å². The van der Waals surface area contributed by atoms with Crippen molar-refractivity contribution in [1.29, 1.82) is 0 Å². The lowest BCUT2D eigenvalue weighted by molar-refractivity contribution is 0.284. The van der Waals surface area contributed by atoms with Gasteiger partial charge in [-0.3, -0.25) is 4.31 Å². The number of rotatable bonds is 2. The molecule has 2 aliphatic heterocycles. The van der Waals surface area contributed by atoms with Crippen molar-refractivity contribution in [2.24, 2.45) is 0 Å². The van der Waals surface area contributed by atoms with Crippen LogP contribution in [0.1, 0.15) is 12.8 Å². The van der Waals surface area contributed by atoms with E-state index in [1.165, 1.54) is 28.6 Å². The zero-order chi connectivity index (χ0) is 14.2. The lowest BCUT2D eigenvalue weighted by Crippen LogP contribution is -2.48. The van der Waals surface area contributed by atoms with Crippen LogP contribution in [0.3, 0.4) is 0 Å². The molecule has 0 bridgehead atoms. The maximum atomic E-state index is 12.9. The van der Waals surface area contributed by atoms with Crippen molar-refractivity contribution < 1.29 is 12.8 Å². The lowest BCUT2D eigenvalue weighted by Gasteiger charge is -2.30. The average Bonchev–Trinajstić information content (AvgIpc) is 2.76. The summed E-state index contributed by atoms with van der Waals surface area (Å²) in [4.78, 5) is 0. The Bertz CT molecular complexity index is 570. The topological polar surface area (TPSA) is 52.7 Å². The zero-order valence-corrected chi connectivity index (χ0v) is 11.9. The highest BCUT2D eigenvalue weighted by Gasteiger charge is 2.41. The number of benzene rings is 1. The van der Waals surface area contributed by atoms with Crippen molar-refractivity contribution in [3.8, 4) is 0 Å². The lowest BCUT2D eigenvalue weighted by atomic mass is 10.1. The molecule has 1 atom stereocenters. The van der Waals surface area contributed by atoms with Gasteiger partial charge >= 0.3 is 10.2 Å². The van der Waals surface area contributed by atoms with Crippen LogP contribution in [-0.2, 0) is 10.2 Å². The van der Waals surface area contributed by atoms with Crippen LogP contribution in [0.4, 0.5) is 10.1 Å². The first kappa shape index (κ1) is 13.8. The molecule has 1 unspecified atom stereocenters. The second-order valence-electron chi connectivity index (χ2n) is 5.17. The first-order valence-electron chi connectivity index (χ1n) is 6.85. The van der Waals surface area contributed by atoms with Gasteiger partial charge in [0, 0.05) is 25.7 Å². The van der Waals surface area contributed by atoms with Gasteiger partial charge in [0.2, 0.25) is 0 Å². The Hall–Kier alpha value is -1.18. The van der Waals surface area contributed by atoms with Crippen molar-refractivity contribution in [3.05, 3.63) is 30.1 Å². The predicted octanol–water partition coefficient (Wildman–Crippen LogP) is 0.945. The fourth-order valence-electron chi connectivity index (χ4n) is 2.87. The van der Waals surface area contributed by atoms with Crippen LogP contribution >= 0.6 is 0 Å². The molecule has 1 aromatic rings. The van der Waals surface area contributed by atoms with Gasteiger partial charge in [0.05, 0.1) is 5.69 Å². The fraction of sp³-hybridized carbons (Fsp3) is 0.538. The van der Waals surface area contributed by atoms with Gasteiger partial charge in [-0.25, -0.2) is 4.39 Å². The molecule has 20 heavy (non-hydrogen) atoms. The minimum Gasteiger partial charge on any atom is -0.315 e. The average molecular weight is 299 g/mol. The van der Waals surface area contributed by atoms with E-state index in [9.17, 15) is 12.8 Å². The molecule has 3 rings (SSSR count). The highest BCUT2D eigenvalue weighted by atomic mass is 32.2. The van der Waals surface area contributed by atoms with Crippen LogP contribution in [-0.4, -0.2) is 44.9 Å². The third kappa shape index (κ3) is 2.41. The summed E-state index contributed by atoms with van der Waals surface area (Å²) in [6, 6.07) is 5.62. The maximum Gasteiger partial charge on any atom is 0.304 e. The molecular formula is C13H18FN3O2S. The van der Waals surface area contributed by atoms with Gasteiger partial charge in [-0.15, -0.1) is 0 Å². The number of piperidine rings is 1. The summed E-state index contributed by atoms with van der Waals surface area (Å²) in [7, 11) is -3.49. The monoisotopic (exact) mass is 299 g/mol. The number of hydrogen-bond acceptors (Lipinski definition) is 3. The molecule has 0 aliphatic carbocycles. The largest absolute Gasteiger partial charge is 0.315 e. The molecule has 0 aromatic heterocycles. The van der Waals surface area contributed by atoms with Gasteiger partial charge in [0.15, 0.2) is 0 Å². The molecule has 2 heterocycles. The van der Waals surface area contributed by atoms with E-state index in [-0.39, 0.29) is 11.9 Å². The number of nitrogens with one attached hydrogen (secondary N) is 1. The van der Waals surface area contributed by atoms with Crippen molar-refractivity contribution >= 4 is 15.9 Å². The summed E-state index contributed by atoms with van der Waals surface area (Å²) in [5.74, 6) is -0.362. The summed E-state index contributed by atoms with van der Waals surface area (Å²) in [6.07, 6.45) is 1.89. The molecule has 2 saturated heterocycles. The van der Waals surface area contributed by atoms with E-state index in [0.29, 0.717) is 25.3 Å². The van der Waals surface area contributed by atoms with Crippen molar-refractivity contribution in [3.63, 3.8) is 0 Å². The Kier molecular flexibility index (Phi) is 3.66.